The summed E-state index contributed by atoms with van der Waals surface area (Å²) in [4.78, 5) is 15.6. The quantitative estimate of drug-likeness (QED) is 0.573. The molecule has 1 amide bonds. The summed E-state index contributed by atoms with van der Waals surface area (Å²) in [6, 6.07) is 0. The van der Waals surface area contributed by atoms with E-state index in [1.54, 1.807) is 5.06 Å². The van der Waals surface area contributed by atoms with Crippen molar-refractivity contribution in [3.63, 3.8) is 0 Å². The minimum Gasteiger partial charge on any atom is -0.369 e. The number of nitrogens with two attached hydrogens (primary N) is 1. The van der Waals surface area contributed by atoms with E-state index in [9.17, 15) is 4.79 Å². The third-order valence-corrected chi connectivity index (χ3v) is 1.56. The molecule has 0 atom stereocenters. The van der Waals surface area contributed by atoms with Gasteiger partial charge in [0.05, 0.1) is 12.5 Å². The van der Waals surface area contributed by atoms with Crippen molar-refractivity contribution in [2.75, 3.05) is 19.7 Å². The Morgan fingerprint density at radius 1 is 1.80 bits per heavy atom. The molecule has 0 saturated carbocycles. The molecule has 0 aromatic heterocycles. The first-order chi connectivity index (χ1) is 4.74. The SMILES string of the molecule is CCON1CC(C(N)=O)C1. The summed E-state index contributed by atoms with van der Waals surface area (Å²) in [7, 11) is 0. The predicted molar refractivity (Wildman–Crippen MR) is 35.9 cm³/mol. The van der Waals surface area contributed by atoms with Gasteiger partial charge in [0.15, 0.2) is 0 Å². The van der Waals surface area contributed by atoms with Gasteiger partial charge < -0.3 is 5.73 Å². The second-order valence-corrected chi connectivity index (χ2v) is 2.36. The molecule has 1 saturated heterocycles. The van der Waals surface area contributed by atoms with Crippen molar-refractivity contribution >= 4 is 5.91 Å². The van der Waals surface area contributed by atoms with Crippen LogP contribution >= 0.6 is 0 Å². The van der Waals surface area contributed by atoms with Crippen molar-refractivity contribution in [3.05, 3.63) is 0 Å². The summed E-state index contributed by atoms with van der Waals surface area (Å²) in [6.07, 6.45) is 0. The Balaban J connectivity index is 2.12. The number of hydrogen-bond acceptors (Lipinski definition) is 3. The first-order valence-electron chi connectivity index (χ1n) is 3.41. The number of nitrogens with zero attached hydrogens (tertiary/aromatic N) is 1. The maximum Gasteiger partial charge on any atom is 0.223 e. The van der Waals surface area contributed by atoms with Crippen LogP contribution in [0.4, 0.5) is 0 Å². The number of rotatable bonds is 3. The van der Waals surface area contributed by atoms with E-state index in [2.05, 4.69) is 0 Å². The van der Waals surface area contributed by atoms with E-state index in [-0.39, 0.29) is 11.8 Å². The summed E-state index contributed by atoms with van der Waals surface area (Å²) in [5, 5.41) is 1.75. The van der Waals surface area contributed by atoms with Gasteiger partial charge >= 0.3 is 0 Å². The molecule has 0 spiro atoms. The molecule has 1 aliphatic heterocycles. The molecule has 0 unspecified atom stereocenters. The fourth-order valence-corrected chi connectivity index (χ4v) is 0.906. The van der Waals surface area contributed by atoms with Crippen LogP contribution in [0, 0.1) is 5.92 Å². The normalized spacial score (nSPS) is 20.5. The molecule has 2 N–H and O–H groups in total. The molecule has 0 aromatic carbocycles. The maximum absolute atomic E-state index is 10.5. The zero-order valence-corrected chi connectivity index (χ0v) is 6.04. The van der Waals surface area contributed by atoms with Crippen LogP contribution in [-0.4, -0.2) is 30.7 Å². The molecule has 0 bridgehead atoms. The van der Waals surface area contributed by atoms with E-state index >= 15 is 0 Å². The average Bonchev–Trinajstić information content (AvgIpc) is 1.76. The Hall–Kier alpha value is -0.610. The molecule has 4 nitrogen and oxygen atoms in total. The van der Waals surface area contributed by atoms with Crippen LogP contribution in [0.2, 0.25) is 0 Å². The van der Waals surface area contributed by atoms with Gasteiger partial charge in [-0.2, -0.15) is 5.06 Å². The first kappa shape index (κ1) is 7.50. The van der Waals surface area contributed by atoms with Crippen LogP contribution < -0.4 is 5.73 Å². The van der Waals surface area contributed by atoms with E-state index in [1.807, 2.05) is 6.92 Å². The van der Waals surface area contributed by atoms with Crippen molar-refractivity contribution in [1.82, 2.24) is 5.06 Å². The first-order valence-corrected chi connectivity index (χ1v) is 3.41. The van der Waals surface area contributed by atoms with Crippen LogP contribution in [-0.2, 0) is 9.63 Å². The molecule has 10 heavy (non-hydrogen) atoms. The van der Waals surface area contributed by atoms with Gasteiger partial charge in [0.25, 0.3) is 0 Å². The minimum atomic E-state index is -0.226. The number of hydroxylamine groups is 2. The van der Waals surface area contributed by atoms with Crippen molar-refractivity contribution < 1.29 is 9.63 Å². The Bertz CT molecular complexity index is 132. The monoisotopic (exact) mass is 144 g/mol. The van der Waals surface area contributed by atoms with Crippen molar-refractivity contribution in [1.29, 1.82) is 0 Å². The lowest BCUT2D eigenvalue weighted by Crippen LogP contribution is -2.52. The third-order valence-electron chi connectivity index (χ3n) is 1.56. The molecule has 4 heteroatoms. The van der Waals surface area contributed by atoms with E-state index in [1.165, 1.54) is 0 Å². The van der Waals surface area contributed by atoms with Gasteiger partial charge in [-0.3, -0.25) is 9.63 Å². The number of carbonyl (C=O) groups is 1. The van der Waals surface area contributed by atoms with E-state index in [0.29, 0.717) is 19.7 Å². The zero-order chi connectivity index (χ0) is 7.56. The highest BCUT2D eigenvalue weighted by atomic mass is 16.7. The van der Waals surface area contributed by atoms with Crippen LogP contribution in [0.3, 0.4) is 0 Å². The number of amides is 1. The third kappa shape index (κ3) is 1.46. The molecule has 0 radical (unpaired) electrons. The highest BCUT2D eigenvalue weighted by Crippen LogP contribution is 2.14. The van der Waals surface area contributed by atoms with E-state index in [4.69, 9.17) is 10.6 Å². The summed E-state index contributed by atoms with van der Waals surface area (Å²) in [5.74, 6) is -0.220. The number of primary amides is 1. The molecule has 1 fully saturated rings. The van der Waals surface area contributed by atoms with Gasteiger partial charge in [-0.25, -0.2) is 0 Å². The second kappa shape index (κ2) is 2.98. The van der Waals surface area contributed by atoms with Gasteiger partial charge in [0, 0.05) is 13.1 Å². The number of carbonyl (C=O) groups excluding carboxylic acids is 1. The smallest absolute Gasteiger partial charge is 0.223 e. The fraction of sp³-hybridized carbons (Fsp3) is 0.833. The fourth-order valence-electron chi connectivity index (χ4n) is 0.906. The Morgan fingerprint density at radius 2 is 2.40 bits per heavy atom. The van der Waals surface area contributed by atoms with Gasteiger partial charge in [0.2, 0.25) is 5.91 Å². The molecule has 0 aliphatic carbocycles. The molecular weight excluding hydrogens is 132 g/mol. The van der Waals surface area contributed by atoms with Gasteiger partial charge in [-0.05, 0) is 6.92 Å². The average molecular weight is 144 g/mol. The Kier molecular flexibility index (Phi) is 2.24. The van der Waals surface area contributed by atoms with E-state index in [0.717, 1.165) is 0 Å². The van der Waals surface area contributed by atoms with Crippen molar-refractivity contribution in [2.45, 2.75) is 6.92 Å². The second-order valence-electron chi connectivity index (χ2n) is 2.36. The lowest BCUT2D eigenvalue weighted by Gasteiger charge is -2.35. The van der Waals surface area contributed by atoms with Gasteiger partial charge in [-0.15, -0.1) is 0 Å². The van der Waals surface area contributed by atoms with Gasteiger partial charge in [-0.1, -0.05) is 0 Å². The summed E-state index contributed by atoms with van der Waals surface area (Å²) in [5.41, 5.74) is 5.03. The molecule has 1 aliphatic rings. The standard InChI is InChI=1S/C6H12N2O2/c1-2-10-8-3-5(4-8)6(7)9/h5H,2-4H2,1H3,(H2,7,9). The number of hydrogen-bond donors (Lipinski definition) is 1. The Morgan fingerprint density at radius 3 is 2.80 bits per heavy atom. The molecule has 1 heterocycles. The zero-order valence-electron chi connectivity index (χ0n) is 6.04. The lowest BCUT2D eigenvalue weighted by atomic mass is 10.0. The summed E-state index contributed by atoms with van der Waals surface area (Å²) in [6.45, 7) is 3.88. The largest absolute Gasteiger partial charge is 0.369 e. The van der Waals surface area contributed by atoms with Gasteiger partial charge in [0.1, 0.15) is 0 Å². The van der Waals surface area contributed by atoms with Crippen LogP contribution in [0.15, 0.2) is 0 Å². The molecule has 58 valence electrons. The summed E-state index contributed by atoms with van der Waals surface area (Å²) >= 11 is 0. The maximum atomic E-state index is 10.5. The molecule has 1 rings (SSSR count). The van der Waals surface area contributed by atoms with Crippen molar-refractivity contribution in [3.8, 4) is 0 Å². The minimum absolute atomic E-state index is 0.00606. The van der Waals surface area contributed by atoms with E-state index < -0.39 is 0 Å². The van der Waals surface area contributed by atoms with Crippen LogP contribution in [0.5, 0.6) is 0 Å². The van der Waals surface area contributed by atoms with Crippen LogP contribution in [0.1, 0.15) is 6.92 Å². The summed E-state index contributed by atoms with van der Waals surface area (Å²) < 4.78 is 0. The molecular formula is C6H12N2O2. The Labute approximate surface area is 59.9 Å². The molecule has 0 aromatic rings. The highest BCUT2D eigenvalue weighted by Gasteiger charge is 2.31. The highest BCUT2D eigenvalue weighted by molar-refractivity contribution is 5.77. The topological polar surface area (TPSA) is 55.6 Å². The van der Waals surface area contributed by atoms with Crippen molar-refractivity contribution in [2.24, 2.45) is 11.7 Å². The lowest BCUT2D eigenvalue weighted by molar-refractivity contribution is -0.214. The predicted octanol–water partition coefficient (Wildman–Crippen LogP) is -0.645. The van der Waals surface area contributed by atoms with Crippen LogP contribution in [0.25, 0.3) is 0 Å².